The number of ether oxygens (including phenoxy) is 1. The van der Waals surface area contributed by atoms with Crippen LogP contribution in [0.1, 0.15) is 24.8 Å². The Morgan fingerprint density at radius 3 is 2.89 bits per heavy atom. The van der Waals surface area contributed by atoms with Gasteiger partial charge in [-0.2, -0.15) is 0 Å². The summed E-state index contributed by atoms with van der Waals surface area (Å²) in [6, 6.07) is 8.28. The molecule has 2 heterocycles. The second kappa shape index (κ2) is 7.34. The lowest BCUT2D eigenvalue weighted by Crippen LogP contribution is -2.33. The summed E-state index contributed by atoms with van der Waals surface area (Å²) >= 11 is 0. The third-order valence-corrected chi connectivity index (χ3v) is 4.84. The van der Waals surface area contributed by atoms with Crippen molar-refractivity contribution >= 4 is 11.8 Å². The molecule has 0 bridgehead atoms. The molecule has 2 fully saturated rings. The third kappa shape index (κ3) is 4.07. The smallest absolute Gasteiger partial charge is 0.225 e. The van der Waals surface area contributed by atoms with E-state index in [9.17, 15) is 14.0 Å². The number of carbonyl (C=O) groups excluding carboxylic acids is 2. The molecule has 2 amide bonds. The first-order chi connectivity index (χ1) is 13.1. The van der Waals surface area contributed by atoms with E-state index >= 15 is 0 Å². The third-order valence-electron chi connectivity index (χ3n) is 4.84. The second-order valence-corrected chi connectivity index (χ2v) is 6.95. The molecule has 0 unspecified atom stereocenters. The van der Waals surface area contributed by atoms with Crippen molar-refractivity contribution in [3.05, 3.63) is 54.1 Å². The summed E-state index contributed by atoms with van der Waals surface area (Å²) in [4.78, 5) is 30.0. The fraction of sp³-hybridized carbons (Fsp3) is 0.350. The van der Waals surface area contributed by atoms with E-state index in [-0.39, 0.29) is 36.4 Å². The molecule has 1 saturated carbocycles. The van der Waals surface area contributed by atoms with Crippen molar-refractivity contribution in [3.63, 3.8) is 0 Å². The van der Waals surface area contributed by atoms with Gasteiger partial charge in [-0.25, -0.2) is 4.39 Å². The molecular formula is C20H20FN3O3. The first-order valence-electron chi connectivity index (χ1n) is 9.03. The number of aromatic nitrogens is 1. The van der Waals surface area contributed by atoms with Crippen LogP contribution in [-0.2, 0) is 16.1 Å². The molecule has 1 aromatic heterocycles. The van der Waals surface area contributed by atoms with Crippen LogP contribution < -0.4 is 10.1 Å². The highest BCUT2D eigenvalue weighted by atomic mass is 19.1. The number of carbonyl (C=O) groups is 2. The second-order valence-electron chi connectivity index (χ2n) is 6.95. The highest BCUT2D eigenvalue weighted by molar-refractivity contribution is 5.89. The monoisotopic (exact) mass is 369 g/mol. The maximum absolute atomic E-state index is 14.2. The van der Waals surface area contributed by atoms with E-state index in [1.807, 2.05) is 4.90 Å². The maximum atomic E-state index is 14.2. The van der Waals surface area contributed by atoms with E-state index in [0.29, 0.717) is 23.9 Å². The van der Waals surface area contributed by atoms with Gasteiger partial charge in [0.2, 0.25) is 11.8 Å². The van der Waals surface area contributed by atoms with Gasteiger partial charge in [-0.15, -0.1) is 0 Å². The number of hydrogen-bond donors (Lipinski definition) is 1. The van der Waals surface area contributed by atoms with Crippen LogP contribution in [0.2, 0.25) is 0 Å². The molecule has 4 rings (SSSR count). The zero-order valence-electron chi connectivity index (χ0n) is 14.7. The van der Waals surface area contributed by atoms with Gasteiger partial charge >= 0.3 is 0 Å². The Hall–Kier alpha value is -2.96. The molecule has 140 valence electrons. The quantitative estimate of drug-likeness (QED) is 0.850. The van der Waals surface area contributed by atoms with Crippen molar-refractivity contribution in [1.29, 1.82) is 0 Å². The Bertz CT molecular complexity index is 855. The van der Waals surface area contributed by atoms with Gasteiger partial charge in [-0.1, -0.05) is 6.07 Å². The van der Waals surface area contributed by atoms with E-state index in [1.165, 1.54) is 18.3 Å². The zero-order chi connectivity index (χ0) is 18.8. The molecule has 1 saturated heterocycles. The molecule has 1 aromatic carbocycles. The summed E-state index contributed by atoms with van der Waals surface area (Å²) in [5.41, 5.74) is 0.628. The van der Waals surface area contributed by atoms with E-state index in [0.717, 1.165) is 12.8 Å². The van der Waals surface area contributed by atoms with E-state index in [4.69, 9.17) is 4.74 Å². The molecule has 7 heteroatoms. The number of rotatable bonds is 6. The number of nitrogens with zero attached hydrogens (tertiary/aromatic N) is 2. The molecule has 1 aliphatic carbocycles. The molecule has 0 spiro atoms. The average molecular weight is 369 g/mol. The van der Waals surface area contributed by atoms with Crippen LogP contribution in [-0.4, -0.2) is 34.3 Å². The van der Waals surface area contributed by atoms with Crippen LogP contribution in [0, 0.1) is 11.7 Å². The van der Waals surface area contributed by atoms with Crippen LogP contribution in [0.15, 0.2) is 42.7 Å². The molecule has 1 N–H and O–H groups in total. The molecule has 1 aliphatic heterocycles. The van der Waals surface area contributed by atoms with Crippen molar-refractivity contribution < 1.29 is 18.7 Å². The summed E-state index contributed by atoms with van der Waals surface area (Å²) < 4.78 is 19.7. The SMILES string of the molecule is O=C(NCc1ccc(Oc2cccnc2)c(F)c1)[C@H]1CC(=O)N(C2CC2)C1. The van der Waals surface area contributed by atoms with Crippen LogP contribution in [0.25, 0.3) is 0 Å². The summed E-state index contributed by atoms with van der Waals surface area (Å²) in [5, 5.41) is 2.80. The topological polar surface area (TPSA) is 71.5 Å². The van der Waals surface area contributed by atoms with Crippen LogP contribution in [0.4, 0.5) is 4.39 Å². The Balaban J connectivity index is 1.32. The zero-order valence-corrected chi connectivity index (χ0v) is 14.7. The van der Waals surface area contributed by atoms with Crippen molar-refractivity contribution in [2.75, 3.05) is 6.54 Å². The summed E-state index contributed by atoms with van der Waals surface area (Å²) in [6.07, 6.45) is 5.44. The minimum atomic E-state index is -0.512. The standard InChI is InChI=1S/C20H20FN3O3/c21-17-8-13(3-6-18(17)27-16-2-1-7-22-11-16)10-23-20(26)14-9-19(25)24(12-14)15-4-5-15/h1-3,6-8,11,14-15H,4-5,9-10,12H2,(H,23,26)/t14-/m0/s1. The van der Waals surface area contributed by atoms with E-state index in [1.54, 1.807) is 24.4 Å². The lowest BCUT2D eigenvalue weighted by Gasteiger charge is -2.15. The van der Waals surface area contributed by atoms with Crippen molar-refractivity contribution in [2.45, 2.75) is 31.8 Å². The molecule has 27 heavy (non-hydrogen) atoms. The van der Waals surface area contributed by atoms with E-state index < -0.39 is 5.82 Å². The number of hydrogen-bond acceptors (Lipinski definition) is 4. The van der Waals surface area contributed by atoms with Gasteiger partial charge in [0.05, 0.1) is 12.1 Å². The molecular weight excluding hydrogens is 349 g/mol. The molecule has 0 radical (unpaired) electrons. The minimum absolute atomic E-state index is 0.0561. The molecule has 2 aromatic rings. The highest BCUT2D eigenvalue weighted by Crippen LogP contribution is 2.32. The number of halogens is 1. The predicted octanol–water partition coefficient (Wildman–Crippen LogP) is 2.64. The number of nitrogens with one attached hydrogen (secondary N) is 1. The fourth-order valence-corrected chi connectivity index (χ4v) is 3.25. The first-order valence-corrected chi connectivity index (χ1v) is 9.03. The molecule has 1 atom stereocenters. The van der Waals surface area contributed by atoms with Gasteiger partial charge in [0.25, 0.3) is 0 Å². The minimum Gasteiger partial charge on any atom is -0.453 e. The number of pyridine rings is 1. The van der Waals surface area contributed by atoms with Gasteiger partial charge < -0.3 is 15.0 Å². The Labute approximate surface area is 156 Å². The van der Waals surface area contributed by atoms with Crippen LogP contribution in [0.5, 0.6) is 11.5 Å². The largest absolute Gasteiger partial charge is 0.453 e. The van der Waals surface area contributed by atoms with Gasteiger partial charge in [0.15, 0.2) is 11.6 Å². The van der Waals surface area contributed by atoms with Crippen molar-refractivity contribution in [2.24, 2.45) is 5.92 Å². The first kappa shape index (κ1) is 17.5. The van der Waals surface area contributed by atoms with Gasteiger partial charge in [-0.3, -0.25) is 14.6 Å². The van der Waals surface area contributed by atoms with Crippen molar-refractivity contribution in [1.82, 2.24) is 15.2 Å². The lowest BCUT2D eigenvalue weighted by atomic mass is 10.1. The average Bonchev–Trinajstić information content (AvgIpc) is 3.44. The summed E-state index contributed by atoms with van der Waals surface area (Å²) in [6.45, 7) is 0.693. The molecule has 6 nitrogen and oxygen atoms in total. The maximum Gasteiger partial charge on any atom is 0.225 e. The van der Waals surface area contributed by atoms with Gasteiger partial charge in [0, 0.05) is 31.7 Å². The summed E-state index contributed by atoms with van der Waals surface area (Å²) in [5.74, 6) is -0.399. The Morgan fingerprint density at radius 1 is 1.33 bits per heavy atom. The number of likely N-dealkylation sites (tertiary alicyclic amines) is 1. The van der Waals surface area contributed by atoms with E-state index in [2.05, 4.69) is 10.3 Å². The summed E-state index contributed by atoms with van der Waals surface area (Å²) in [7, 11) is 0. The molecule has 2 aliphatic rings. The predicted molar refractivity (Wildman–Crippen MR) is 95.4 cm³/mol. The van der Waals surface area contributed by atoms with Crippen molar-refractivity contribution in [3.8, 4) is 11.5 Å². The number of benzene rings is 1. The van der Waals surface area contributed by atoms with Gasteiger partial charge in [-0.05, 0) is 42.7 Å². The fourth-order valence-electron chi connectivity index (χ4n) is 3.25. The Kier molecular flexibility index (Phi) is 4.75. The van der Waals surface area contributed by atoms with Crippen LogP contribution >= 0.6 is 0 Å². The normalized spacial score (nSPS) is 19.2. The number of amides is 2. The lowest BCUT2D eigenvalue weighted by molar-refractivity contribution is -0.129. The highest BCUT2D eigenvalue weighted by Gasteiger charge is 2.41. The van der Waals surface area contributed by atoms with Crippen LogP contribution in [0.3, 0.4) is 0 Å². The Morgan fingerprint density at radius 2 is 2.19 bits per heavy atom. The van der Waals surface area contributed by atoms with Gasteiger partial charge in [0.1, 0.15) is 5.75 Å².